The molecular formula is C22H22N4O3S. The molecule has 0 radical (unpaired) electrons. The van der Waals surface area contributed by atoms with E-state index in [0.717, 1.165) is 28.2 Å². The summed E-state index contributed by atoms with van der Waals surface area (Å²) in [5, 5.41) is 12.9. The number of thiophene rings is 1. The quantitative estimate of drug-likeness (QED) is 0.490. The molecule has 2 heterocycles. The topological polar surface area (TPSA) is 100 Å². The van der Waals surface area contributed by atoms with E-state index in [1.807, 2.05) is 32.0 Å². The Hall–Kier alpha value is -3.44. The van der Waals surface area contributed by atoms with Crippen LogP contribution in [0.4, 0.5) is 5.00 Å². The van der Waals surface area contributed by atoms with Gasteiger partial charge in [0.15, 0.2) is 0 Å². The Labute approximate surface area is 178 Å². The number of esters is 1. The van der Waals surface area contributed by atoms with Crippen LogP contribution in [0.1, 0.15) is 50.1 Å². The highest BCUT2D eigenvalue weighted by molar-refractivity contribution is 7.18. The Morgan fingerprint density at radius 1 is 1.33 bits per heavy atom. The van der Waals surface area contributed by atoms with Gasteiger partial charge in [-0.1, -0.05) is 17.7 Å². The average Bonchev–Trinajstić information content (AvgIpc) is 3.16. The minimum atomic E-state index is -0.479. The van der Waals surface area contributed by atoms with E-state index in [1.54, 1.807) is 20.8 Å². The summed E-state index contributed by atoms with van der Waals surface area (Å²) in [4.78, 5) is 29.8. The Balaban J connectivity index is 2.03. The van der Waals surface area contributed by atoms with Crippen LogP contribution in [0.5, 0.6) is 0 Å². The molecule has 0 bridgehead atoms. The van der Waals surface area contributed by atoms with Gasteiger partial charge in [0, 0.05) is 11.9 Å². The van der Waals surface area contributed by atoms with Crippen molar-refractivity contribution in [2.24, 2.45) is 4.99 Å². The molecular weight excluding hydrogens is 400 g/mol. The Kier molecular flexibility index (Phi) is 6.04. The van der Waals surface area contributed by atoms with Gasteiger partial charge in [0.1, 0.15) is 15.9 Å². The first-order valence-electron chi connectivity index (χ1n) is 9.42. The van der Waals surface area contributed by atoms with Crippen molar-refractivity contribution in [1.82, 2.24) is 9.78 Å². The lowest BCUT2D eigenvalue weighted by Gasteiger charge is -2.06. The second kappa shape index (κ2) is 8.51. The fraction of sp³-hybridized carbons (Fsp3) is 0.273. The number of hydrogen-bond acceptors (Lipinski definition) is 6. The fourth-order valence-corrected chi connectivity index (χ4v) is 4.17. The SMILES string of the molecule is CCOC(=O)c1sc(N=Cc2c(C)[nH]n(-c3ccc(C)cc3C)c2=O)c(C#N)c1C. The second-order valence-corrected chi connectivity index (χ2v) is 7.91. The number of ether oxygens (including phenoxy) is 1. The van der Waals surface area contributed by atoms with Gasteiger partial charge in [0.05, 0.1) is 23.4 Å². The zero-order valence-corrected chi connectivity index (χ0v) is 18.3. The summed E-state index contributed by atoms with van der Waals surface area (Å²) in [7, 11) is 0. The summed E-state index contributed by atoms with van der Waals surface area (Å²) in [5.74, 6) is -0.479. The molecule has 0 unspecified atom stereocenters. The molecule has 0 aliphatic carbocycles. The van der Waals surface area contributed by atoms with E-state index >= 15 is 0 Å². The molecule has 8 heteroatoms. The number of nitrogens with zero attached hydrogens (tertiary/aromatic N) is 3. The maximum Gasteiger partial charge on any atom is 0.348 e. The molecule has 0 atom stereocenters. The zero-order chi connectivity index (χ0) is 22.0. The van der Waals surface area contributed by atoms with Crippen molar-refractivity contribution >= 4 is 28.5 Å². The first-order chi connectivity index (χ1) is 14.3. The number of hydrogen-bond donors (Lipinski definition) is 1. The summed E-state index contributed by atoms with van der Waals surface area (Å²) < 4.78 is 6.53. The van der Waals surface area contributed by atoms with Crippen molar-refractivity contribution in [1.29, 1.82) is 5.26 Å². The molecule has 1 aromatic carbocycles. The number of aliphatic imine (C=N–C) groups is 1. The van der Waals surface area contributed by atoms with Gasteiger partial charge in [0.2, 0.25) is 0 Å². The highest BCUT2D eigenvalue weighted by Crippen LogP contribution is 2.35. The highest BCUT2D eigenvalue weighted by atomic mass is 32.1. The van der Waals surface area contributed by atoms with Crippen molar-refractivity contribution in [2.45, 2.75) is 34.6 Å². The molecule has 154 valence electrons. The van der Waals surface area contributed by atoms with Crippen molar-refractivity contribution in [3.63, 3.8) is 0 Å². The van der Waals surface area contributed by atoms with Gasteiger partial charge in [-0.25, -0.2) is 14.5 Å². The van der Waals surface area contributed by atoms with Crippen LogP contribution in [0.3, 0.4) is 0 Å². The lowest BCUT2D eigenvalue weighted by molar-refractivity contribution is 0.0531. The number of H-pyrrole nitrogens is 1. The van der Waals surface area contributed by atoms with Crippen LogP contribution in [-0.4, -0.2) is 28.6 Å². The number of nitrogens with one attached hydrogen (secondary N) is 1. The third kappa shape index (κ3) is 3.84. The van der Waals surface area contributed by atoms with Gasteiger partial charge in [0.25, 0.3) is 5.56 Å². The largest absolute Gasteiger partial charge is 0.462 e. The van der Waals surface area contributed by atoms with Gasteiger partial charge in [-0.3, -0.25) is 9.89 Å². The first-order valence-corrected chi connectivity index (χ1v) is 10.2. The van der Waals surface area contributed by atoms with Gasteiger partial charge in [-0.05, 0) is 51.8 Å². The molecule has 30 heavy (non-hydrogen) atoms. The summed E-state index contributed by atoms with van der Waals surface area (Å²) in [6, 6.07) is 7.94. The number of nitriles is 1. The molecule has 2 aromatic heterocycles. The van der Waals surface area contributed by atoms with Crippen LogP contribution < -0.4 is 5.56 Å². The normalized spacial score (nSPS) is 11.1. The number of carbonyl (C=O) groups excluding carboxylic acids is 1. The van der Waals surface area contributed by atoms with E-state index in [9.17, 15) is 14.9 Å². The Morgan fingerprint density at radius 2 is 2.07 bits per heavy atom. The molecule has 0 spiro atoms. The van der Waals surface area contributed by atoms with Crippen LogP contribution in [-0.2, 0) is 4.74 Å². The predicted octanol–water partition coefficient (Wildman–Crippen LogP) is 4.26. The molecule has 3 rings (SSSR count). The van der Waals surface area contributed by atoms with Gasteiger partial charge in [-0.2, -0.15) is 5.26 Å². The molecule has 0 fully saturated rings. The highest BCUT2D eigenvalue weighted by Gasteiger charge is 2.21. The van der Waals surface area contributed by atoms with Crippen molar-refractivity contribution in [3.05, 3.63) is 66.9 Å². The smallest absolute Gasteiger partial charge is 0.348 e. The minimum Gasteiger partial charge on any atom is -0.462 e. The third-order valence-electron chi connectivity index (χ3n) is 4.72. The van der Waals surface area contributed by atoms with E-state index in [4.69, 9.17) is 4.74 Å². The maximum atomic E-state index is 13.0. The minimum absolute atomic E-state index is 0.236. The lowest BCUT2D eigenvalue weighted by Crippen LogP contribution is -2.18. The van der Waals surface area contributed by atoms with Gasteiger partial charge in [-0.15, -0.1) is 11.3 Å². The van der Waals surface area contributed by atoms with Crippen molar-refractivity contribution < 1.29 is 9.53 Å². The molecule has 0 aliphatic rings. The van der Waals surface area contributed by atoms with E-state index in [1.165, 1.54) is 10.9 Å². The summed E-state index contributed by atoms with van der Waals surface area (Å²) in [6.45, 7) is 9.39. The molecule has 0 saturated heterocycles. The Bertz CT molecular complexity index is 1250. The summed E-state index contributed by atoms with van der Waals surface area (Å²) >= 11 is 1.08. The number of benzene rings is 1. The van der Waals surface area contributed by atoms with Crippen LogP contribution in [0.25, 0.3) is 5.69 Å². The number of aromatic amines is 1. The summed E-state index contributed by atoms with van der Waals surface area (Å²) in [6.07, 6.45) is 1.44. The maximum absolute atomic E-state index is 13.0. The first kappa shape index (κ1) is 21.3. The van der Waals surface area contributed by atoms with E-state index in [-0.39, 0.29) is 12.2 Å². The summed E-state index contributed by atoms with van der Waals surface area (Å²) in [5.41, 5.74) is 4.51. The molecule has 0 saturated carbocycles. The Morgan fingerprint density at radius 3 is 2.70 bits per heavy atom. The molecule has 1 N–H and O–H groups in total. The van der Waals surface area contributed by atoms with Gasteiger partial charge < -0.3 is 4.74 Å². The number of aryl methyl sites for hydroxylation is 3. The number of aromatic nitrogens is 2. The van der Waals surface area contributed by atoms with Crippen molar-refractivity contribution in [3.8, 4) is 11.8 Å². The number of rotatable bonds is 5. The lowest BCUT2D eigenvalue weighted by atomic mass is 10.1. The predicted molar refractivity (Wildman–Crippen MR) is 118 cm³/mol. The monoisotopic (exact) mass is 422 g/mol. The van der Waals surface area contributed by atoms with E-state index in [2.05, 4.69) is 16.2 Å². The molecule has 0 aliphatic heterocycles. The third-order valence-corrected chi connectivity index (χ3v) is 5.90. The van der Waals surface area contributed by atoms with Crippen LogP contribution in [0, 0.1) is 39.0 Å². The average molecular weight is 423 g/mol. The van der Waals surface area contributed by atoms with Crippen molar-refractivity contribution in [2.75, 3.05) is 6.61 Å². The molecule has 3 aromatic rings. The van der Waals surface area contributed by atoms with Gasteiger partial charge >= 0.3 is 5.97 Å². The standard InChI is InChI=1S/C22H22N4O3S/c1-6-29-22(28)19-14(4)16(10-23)20(30-19)24-11-17-15(5)25-26(21(17)27)18-8-7-12(2)9-13(18)3/h7-9,11,25H,6H2,1-5H3. The van der Waals surface area contributed by atoms with E-state index < -0.39 is 5.97 Å². The number of carbonyl (C=O) groups is 1. The van der Waals surface area contributed by atoms with Crippen LogP contribution in [0.15, 0.2) is 28.0 Å². The van der Waals surface area contributed by atoms with Crippen LogP contribution >= 0.6 is 11.3 Å². The second-order valence-electron chi connectivity index (χ2n) is 6.91. The zero-order valence-electron chi connectivity index (χ0n) is 17.5. The molecule has 0 amide bonds. The fourth-order valence-electron chi connectivity index (χ4n) is 3.17. The van der Waals surface area contributed by atoms with Crippen LogP contribution in [0.2, 0.25) is 0 Å². The molecule has 7 nitrogen and oxygen atoms in total. The van der Waals surface area contributed by atoms with E-state index in [0.29, 0.717) is 32.3 Å².